The lowest BCUT2D eigenvalue weighted by Gasteiger charge is -2.00. The molecule has 0 spiro atoms. The van der Waals surface area contributed by atoms with E-state index in [1.165, 1.54) is 0 Å². The number of hydrogen-bond donors (Lipinski definition) is 1. The summed E-state index contributed by atoms with van der Waals surface area (Å²) in [4.78, 5) is 27.2. The standard InChI is InChI=1S/C18H15NO2/c20-17(18(21)13-6-2-1-3-7-13)11-10-14-12-19-16-9-5-4-8-15(14)16/h1-9,12,19H,10-11H2. The molecule has 0 aliphatic heterocycles. The number of H-pyrrole nitrogens is 1. The fourth-order valence-corrected chi connectivity index (χ4v) is 2.45. The Labute approximate surface area is 122 Å². The summed E-state index contributed by atoms with van der Waals surface area (Å²) in [5, 5.41) is 1.11. The monoisotopic (exact) mass is 277 g/mol. The van der Waals surface area contributed by atoms with Crippen LogP contribution >= 0.6 is 0 Å². The van der Waals surface area contributed by atoms with Gasteiger partial charge in [0.05, 0.1) is 0 Å². The zero-order valence-electron chi connectivity index (χ0n) is 11.5. The average Bonchev–Trinajstić information content (AvgIpc) is 2.96. The maximum Gasteiger partial charge on any atom is 0.228 e. The molecule has 0 aliphatic carbocycles. The van der Waals surface area contributed by atoms with Crippen LogP contribution in [-0.2, 0) is 11.2 Å². The normalized spacial score (nSPS) is 10.7. The van der Waals surface area contributed by atoms with Gasteiger partial charge >= 0.3 is 0 Å². The minimum atomic E-state index is -0.407. The van der Waals surface area contributed by atoms with Crippen molar-refractivity contribution in [1.29, 1.82) is 0 Å². The lowest BCUT2D eigenvalue weighted by Crippen LogP contribution is -2.14. The topological polar surface area (TPSA) is 49.9 Å². The third-order valence-corrected chi connectivity index (χ3v) is 3.59. The SMILES string of the molecule is O=C(CCc1c[nH]c2ccccc12)C(=O)c1ccccc1. The van der Waals surface area contributed by atoms with Crippen molar-refractivity contribution in [3.8, 4) is 0 Å². The van der Waals surface area contributed by atoms with E-state index >= 15 is 0 Å². The number of aromatic amines is 1. The molecule has 3 aromatic rings. The summed E-state index contributed by atoms with van der Waals surface area (Å²) < 4.78 is 0. The highest BCUT2D eigenvalue weighted by Crippen LogP contribution is 2.19. The molecule has 1 aromatic heterocycles. The van der Waals surface area contributed by atoms with Crippen LogP contribution in [0.3, 0.4) is 0 Å². The molecule has 0 fully saturated rings. The van der Waals surface area contributed by atoms with Crippen LogP contribution < -0.4 is 0 Å². The van der Waals surface area contributed by atoms with E-state index in [2.05, 4.69) is 4.98 Å². The molecule has 0 unspecified atom stereocenters. The Morgan fingerprint density at radius 2 is 1.62 bits per heavy atom. The molecule has 104 valence electrons. The van der Waals surface area contributed by atoms with Gasteiger partial charge in [0.25, 0.3) is 0 Å². The van der Waals surface area contributed by atoms with Crippen molar-refractivity contribution in [3.63, 3.8) is 0 Å². The first-order valence-electron chi connectivity index (χ1n) is 6.93. The van der Waals surface area contributed by atoms with Crippen molar-refractivity contribution in [1.82, 2.24) is 4.98 Å². The number of carbonyl (C=O) groups is 2. The Morgan fingerprint density at radius 1 is 0.905 bits per heavy atom. The minimum absolute atomic E-state index is 0.232. The first-order chi connectivity index (χ1) is 10.3. The summed E-state index contributed by atoms with van der Waals surface area (Å²) in [6, 6.07) is 16.6. The predicted molar refractivity (Wildman–Crippen MR) is 82.4 cm³/mol. The molecular formula is C18H15NO2. The molecule has 0 atom stereocenters. The number of aromatic nitrogens is 1. The molecule has 0 saturated heterocycles. The third kappa shape index (κ3) is 2.77. The number of hydrogen-bond acceptors (Lipinski definition) is 2. The van der Waals surface area contributed by atoms with Crippen LogP contribution in [0.4, 0.5) is 0 Å². The maximum absolute atomic E-state index is 12.0. The zero-order valence-corrected chi connectivity index (χ0v) is 11.5. The molecule has 0 aliphatic rings. The third-order valence-electron chi connectivity index (χ3n) is 3.59. The van der Waals surface area contributed by atoms with Crippen molar-refractivity contribution in [3.05, 3.63) is 71.9 Å². The van der Waals surface area contributed by atoms with Crippen LogP contribution in [0.15, 0.2) is 60.8 Å². The van der Waals surface area contributed by atoms with Crippen LogP contribution in [-0.4, -0.2) is 16.6 Å². The lowest BCUT2D eigenvalue weighted by molar-refractivity contribution is -0.115. The Kier molecular flexibility index (Phi) is 3.65. The van der Waals surface area contributed by atoms with Crippen molar-refractivity contribution >= 4 is 22.5 Å². The molecule has 1 heterocycles. The number of Topliss-reactive ketones (excluding diaryl/α,β-unsaturated/α-hetero) is 2. The fraction of sp³-hybridized carbons (Fsp3) is 0.111. The molecular weight excluding hydrogens is 262 g/mol. The van der Waals surface area contributed by atoms with Gasteiger partial charge in [-0.15, -0.1) is 0 Å². The van der Waals surface area contributed by atoms with Gasteiger partial charge in [-0.25, -0.2) is 0 Å². The van der Waals surface area contributed by atoms with Gasteiger partial charge in [-0.2, -0.15) is 0 Å². The summed E-state index contributed by atoms with van der Waals surface area (Å²) in [5.41, 5.74) is 2.58. The largest absolute Gasteiger partial charge is 0.361 e. The van der Waals surface area contributed by atoms with Crippen molar-refractivity contribution in [2.75, 3.05) is 0 Å². The van der Waals surface area contributed by atoms with E-state index in [0.29, 0.717) is 12.0 Å². The number of para-hydroxylation sites is 1. The number of nitrogens with one attached hydrogen (secondary N) is 1. The van der Waals surface area contributed by atoms with Crippen molar-refractivity contribution < 1.29 is 9.59 Å². The van der Waals surface area contributed by atoms with Gasteiger partial charge in [-0.05, 0) is 18.1 Å². The first-order valence-corrected chi connectivity index (χ1v) is 6.93. The van der Waals surface area contributed by atoms with Crippen LogP contribution in [0.25, 0.3) is 10.9 Å². The van der Waals surface area contributed by atoms with Gasteiger partial charge in [0.15, 0.2) is 0 Å². The van der Waals surface area contributed by atoms with E-state index in [4.69, 9.17) is 0 Å². The molecule has 3 nitrogen and oxygen atoms in total. The molecule has 1 N–H and O–H groups in total. The summed E-state index contributed by atoms with van der Waals surface area (Å²) >= 11 is 0. The van der Waals surface area contributed by atoms with E-state index in [1.54, 1.807) is 24.3 Å². The number of aryl methyl sites for hydroxylation is 1. The average molecular weight is 277 g/mol. The summed E-state index contributed by atoms with van der Waals surface area (Å²) in [6.45, 7) is 0. The summed E-state index contributed by atoms with van der Waals surface area (Å²) in [6.07, 6.45) is 2.71. The highest BCUT2D eigenvalue weighted by Gasteiger charge is 2.16. The highest BCUT2D eigenvalue weighted by atomic mass is 16.2. The molecule has 0 bridgehead atoms. The number of fused-ring (bicyclic) bond motifs is 1. The molecule has 3 heteroatoms. The van der Waals surface area contributed by atoms with Gasteiger partial charge in [0.2, 0.25) is 11.6 Å². The maximum atomic E-state index is 12.0. The van der Waals surface area contributed by atoms with E-state index in [1.807, 2.05) is 36.5 Å². The quantitative estimate of drug-likeness (QED) is 0.572. The Hall–Kier alpha value is -2.68. The molecule has 21 heavy (non-hydrogen) atoms. The van der Waals surface area contributed by atoms with Gasteiger partial charge < -0.3 is 4.98 Å². The van der Waals surface area contributed by atoms with Gasteiger partial charge in [-0.3, -0.25) is 9.59 Å². The van der Waals surface area contributed by atoms with Crippen LogP contribution in [0.2, 0.25) is 0 Å². The van der Waals surface area contributed by atoms with Gasteiger partial charge in [0, 0.05) is 29.1 Å². The van der Waals surface area contributed by atoms with Crippen LogP contribution in [0.5, 0.6) is 0 Å². The number of ketones is 2. The smallest absolute Gasteiger partial charge is 0.228 e. The second kappa shape index (κ2) is 5.75. The fourth-order valence-electron chi connectivity index (χ4n) is 2.45. The molecule has 0 amide bonds. The Balaban J connectivity index is 1.70. The molecule has 2 aromatic carbocycles. The summed E-state index contributed by atoms with van der Waals surface area (Å²) in [5.74, 6) is -0.748. The van der Waals surface area contributed by atoms with E-state index in [0.717, 1.165) is 16.5 Å². The van der Waals surface area contributed by atoms with Crippen LogP contribution in [0.1, 0.15) is 22.3 Å². The Morgan fingerprint density at radius 3 is 2.43 bits per heavy atom. The van der Waals surface area contributed by atoms with Crippen molar-refractivity contribution in [2.24, 2.45) is 0 Å². The number of benzene rings is 2. The van der Waals surface area contributed by atoms with E-state index in [9.17, 15) is 9.59 Å². The molecule has 0 saturated carbocycles. The predicted octanol–water partition coefficient (Wildman–Crippen LogP) is 3.55. The first kappa shape index (κ1) is 13.3. The number of carbonyl (C=O) groups excluding carboxylic acids is 2. The minimum Gasteiger partial charge on any atom is -0.361 e. The van der Waals surface area contributed by atoms with E-state index in [-0.39, 0.29) is 12.2 Å². The zero-order chi connectivity index (χ0) is 14.7. The van der Waals surface area contributed by atoms with Crippen molar-refractivity contribution in [2.45, 2.75) is 12.8 Å². The van der Waals surface area contributed by atoms with Gasteiger partial charge in [-0.1, -0.05) is 48.5 Å². The highest BCUT2D eigenvalue weighted by molar-refractivity contribution is 6.43. The second-order valence-electron chi connectivity index (χ2n) is 4.98. The molecule has 3 rings (SSSR count). The van der Waals surface area contributed by atoms with Gasteiger partial charge in [0.1, 0.15) is 0 Å². The Bertz CT molecular complexity index is 787. The van der Waals surface area contributed by atoms with Crippen LogP contribution in [0, 0.1) is 0 Å². The van der Waals surface area contributed by atoms with E-state index < -0.39 is 5.78 Å². The lowest BCUT2D eigenvalue weighted by atomic mass is 10.0. The molecule has 0 radical (unpaired) electrons. The number of rotatable bonds is 5. The second-order valence-corrected chi connectivity index (χ2v) is 4.98. The summed E-state index contributed by atoms with van der Waals surface area (Å²) in [7, 11) is 0.